The molecular formula is C11H20FNO3. The number of carboxylic acids is 1. The molecule has 0 saturated heterocycles. The Labute approximate surface area is 95.4 Å². The molecule has 0 aromatic rings. The molecule has 1 amide bonds. The standard InChI is InChI=1S/C11H20FNO3/c1-3-7-13(8-11(15)16)10(14)6-5-9(12)4-2/h9H,3-8H2,1-2H3,(H,15,16). The molecule has 0 rings (SSSR count). The van der Waals surface area contributed by atoms with E-state index < -0.39 is 12.1 Å². The molecule has 0 spiro atoms. The van der Waals surface area contributed by atoms with Crippen molar-refractivity contribution in [3.8, 4) is 0 Å². The molecule has 0 radical (unpaired) electrons. The highest BCUT2D eigenvalue weighted by Crippen LogP contribution is 2.08. The lowest BCUT2D eigenvalue weighted by Crippen LogP contribution is -2.36. The van der Waals surface area contributed by atoms with Gasteiger partial charge in [-0.25, -0.2) is 4.39 Å². The first-order valence-electron chi connectivity index (χ1n) is 5.64. The van der Waals surface area contributed by atoms with Crippen LogP contribution in [0.1, 0.15) is 39.5 Å². The highest BCUT2D eigenvalue weighted by molar-refractivity contribution is 5.81. The van der Waals surface area contributed by atoms with Gasteiger partial charge in [-0.15, -0.1) is 0 Å². The van der Waals surface area contributed by atoms with E-state index in [9.17, 15) is 14.0 Å². The molecule has 0 aliphatic heterocycles. The van der Waals surface area contributed by atoms with Gasteiger partial charge in [-0.05, 0) is 19.3 Å². The molecule has 0 bridgehead atoms. The van der Waals surface area contributed by atoms with E-state index >= 15 is 0 Å². The second-order valence-electron chi connectivity index (χ2n) is 3.75. The number of carbonyl (C=O) groups is 2. The van der Waals surface area contributed by atoms with Gasteiger partial charge in [-0.1, -0.05) is 13.8 Å². The summed E-state index contributed by atoms with van der Waals surface area (Å²) in [6.07, 6.45) is 0.376. The molecule has 0 saturated carbocycles. The van der Waals surface area contributed by atoms with Gasteiger partial charge in [0.15, 0.2) is 0 Å². The van der Waals surface area contributed by atoms with Crippen LogP contribution in [-0.2, 0) is 9.59 Å². The monoisotopic (exact) mass is 233 g/mol. The van der Waals surface area contributed by atoms with E-state index in [2.05, 4.69) is 0 Å². The van der Waals surface area contributed by atoms with Crippen LogP contribution in [0.15, 0.2) is 0 Å². The molecule has 4 nitrogen and oxygen atoms in total. The van der Waals surface area contributed by atoms with Crippen LogP contribution >= 0.6 is 0 Å². The molecule has 5 heteroatoms. The van der Waals surface area contributed by atoms with Crippen LogP contribution < -0.4 is 0 Å². The average Bonchev–Trinajstić information content (AvgIpc) is 2.24. The van der Waals surface area contributed by atoms with Gasteiger partial charge in [0, 0.05) is 13.0 Å². The lowest BCUT2D eigenvalue weighted by Gasteiger charge is -2.20. The summed E-state index contributed by atoms with van der Waals surface area (Å²) in [6, 6.07) is 0. The smallest absolute Gasteiger partial charge is 0.323 e. The average molecular weight is 233 g/mol. The van der Waals surface area contributed by atoms with Crippen LogP contribution in [0.4, 0.5) is 4.39 Å². The third kappa shape index (κ3) is 6.37. The second-order valence-corrected chi connectivity index (χ2v) is 3.75. The summed E-state index contributed by atoms with van der Waals surface area (Å²) in [7, 11) is 0. The Hall–Kier alpha value is -1.13. The van der Waals surface area contributed by atoms with Gasteiger partial charge in [0.05, 0.1) is 0 Å². The highest BCUT2D eigenvalue weighted by Gasteiger charge is 2.16. The van der Waals surface area contributed by atoms with Crippen molar-refractivity contribution in [3.63, 3.8) is 0 Å². The number of carbonyl (C=O) groups excluding carboxylic acids is 1. The Bertz CT molecular complexity index is 233. The maximum absolute atomic E-state index is 12.9. The number of alkyl halides is 1. The summed E-state index contributed by atoms with van der Waals surface area (Å²) < 4.78 is 12.9. The number of hydrogen-bond acceptors (Lipinski definition) is 2. The molecule has 0 aliphatic rings. The number of hydrogen-bond donors (Lipinski definition) is 1. The van der Waals surface area contributed by atoms with Crippen LogP contribution in [0.2, 0.25) is 0 Å². The van der Waals surface area contributed by atoms with Crippen molar-refractivity contribution in [1.29, 1.82) is 0 Å². The minimum atomic E-state index is -1.03. The van der Waals surface area contributed by atoms with Crippen LogP contribution in [0.3, 0.4) is 0 Å². The fourth-order valence-corrected chi connectivity index (χ4v) is 1.37. The van der Waals surface area contributed by atoms with Gasteiger partial charge in [0.1, 0.15) is 12.7 Å². The maximum Gasteiger partial charge on any atom is 0.323 e. The minimum Gasteiger partial charge on any atom is -0.480 e. The topological polar surface area (TPSA) is 57.6 Å². The van der Waals surface area contributed by atoms with E-state index in [1.54, 1.807) is 6.92 Å². The van der Waals surface area contributed by atoms with E-state index in [1.807, 2.05) is 6.92 Å². The quantitative estimate of drug-likeness (QED) is 0.696. The fourth-order valence-electron chi connectivity index (χ4n) is 1.37. The Kier molecular flexibility index (Phi) is 7.50. The summed E-state index contributed by atoms with van der Waals surface area (Å²) in [4.78, 5) is 23.4. The van der Waals surface area contributed by atoms with E-state index in [1.165, 1.54) is 4.90 Å². The lowest BCUT2D eigenvalue weighted by atomic mass is 10.1. The molecule has 1 N–H and O–H groups in total. The lowest BCUT2D eigenvalue weighted by molar-refractivity contribution is -0.144. The summed E-state index contributed by atoms with van der Waals surface area (Å²) in [5.74, 6) is -1.31. The number of amides is 1. The highest BCUT2D eigenvalue weighted by atomic mass is 19.1. The molecule has 0 heterocycles. The fraction of sp³-hybridized carbons (Fsp3) is 0.818. The van der Waals surface area contributed by atoms with Crippen LogP contribution in [0.5, 0.6) is 0 Å². The zero-order valence-electron chi connectivity index (χ0n) is 9.91. The Morgan fingerprint density at radius 3 is 2.44 bits per heavy atom. The molecule has 0 fully saturated rings. The molecule has 1 atom stereocenters. The first-order chi connectivity index (χ1) is 7.51. The molecule has 16 heavy (non-hydrogen) atoms. The van der Waals surface area contributed by atoms with Gasteiger partial charge in [0.25, 0.3) is 0 Å². The van der Waals surface area contributed by atoms with E-state index in [-0.39, 0.29) is 25.3 Å². The normalized spacial score (nSPS) is 12.2. The molecule has 0 aromatic carbocycles. The summed E-state index contributed by atoms with van der Waals surface area (Å²) in [5.41, 5.74) is 0. The van der Waals surface area contributed by atoms with Crippen molar-refractivity contribution < 1.29 is 19.1 Å². The minimum absolute atomic E-state index is 0.0856. The van der Waals surface area contributed by atoms with Crippen molar-refractivity contribution in [2.24, 2.45) is 0 Å². The summed E-state index contributed by atoms with van der Waals surface area (Å²) in [6.45, 7) is 3.70. The number of nitrogens with zero attached hydrogens (tertiary/aromatic N) is 1. The van der Waals surface area contributed by atoms with Crippen LogP contribution in [-0.4, -0.2) is 41.1 Å². The van der Waals surface area contributed by atoms with E-state index in [0.29, 0.717) is 19.4 Å². The van der Waals surface area contributed by atoms with Crippen molar-refractivity contribution >= 4 is 11.9 Å². The molecule has 1 unspecified atom stereocenters. The molecule has 0 aliphatic carbocycles. The predicted molar refractivity (Wildman–Crippen MR) is 58.9 cm³/mol. The van der Waals surface area contributed by atoms with Gasteiger partial charge < -0.3 is 10.0 Å². The third-order valence-electron chi connectivity index (χ3n) is 2.29. The number of aliphatic carboxylic acids is 1. The SMILES string of the molecule is CCCN(CC(=O)O)C(=O)CCC(F)CC. The molecule has 94 valence electrons. The Morgan fingerprint density at radius 1 is 1.38 bits per heavy atom. The van der Waals surface area contributed by atoms with Gasteiger partial charge in [-0.3, -0.25) is 9.59 Å². The van der Waals surface area contributed by atoms with E-state index in [4.69, 9.17) is 5.11 Å². The van der Waals surface area contributed by atoms with Gasteiger partial charge in [0.2, 0.25) is 5.91 Å². The number of halogens is 1. The van der Waals surface area contributed by atoms with Crippen molar-refractivity contribution in [1.82, 2.24) is 4.90 Å². The molecule has 0 aromatic heterocycles. The largest absolute Gasteiger partial charge is 0.480 e. The van der Waals surface area contributed by atoms with Crippen molar-refractivity contribution in [3.05, 3.63) is 0 Å². The predicted octanol–water partition coefficient (Wildman–Crippen LogP) is 1.84. The van der Waals surface area contributed by atoms with Crippen molar-refractivity contribution in [2.75, 3.05) is 13.1 Å². The van der Waals surface area contributed by atoms with Gasteiger partial charge >= 0.3 is 5.97 Å². The summed E-state index contributed by atoms with van der Waals surface area (Å²) in [5, 5.41) is 8.62. The van der Waals surface area contributed by atoms with Gasteiger partial charge in [-0.2, -0.15) is 0 Å². The number of rotatable bonds is 8. The Morgan fingerprint density at radius 2 is 2.00 bits per heavy atom. The molecular weight excluding hydrogens is 213 g/mol. The first kappa shape index (κ1) is 14.9. The van der Waals surface area contributed by atoms with Crippen LogP contribution in [0, 0.1) is 0 Å². The maximum atomic E-state index is 12.9. The second kappa shape index (κ2) is 8.07. The third-order valence-corrected chi connectivity index (χ3v) is 2.29. The van der Waals surface area contributed by atoms with Crippen molar-refractivity contribution in [2.45, 2.75) is 45.7 Å². The zero-order chi connectivity index (χ0) is 12.6. The Balaban J connectivity index is 4.10. The summed E-state index contributed by atoms with van der Waals surface area (Å²) >= 11 is 0. The first-order valence-corrected chi connectivity index (χ1v) is 5.64. The number of carboxylic acid groups (broad SMARTS) is 1. The zero-order valence-corrected chi connectivity index (χ0v) is 9.91. The van der Waals surface area contributed by atoms with E-state index in [0.717, 1.165) is 0 Å². The van der Waals surface area contributed by atoms with Crippen LogP contribution in [0.25, 0.3) is 0 Å².